The molecule has 0 bridgehead atoms. The molecule has 0 amide bonds. The Balaban J connectivity index is 2.13. The molecule has 0 radical (unpaired) electrons. The molecule has 1 N–H and O–H groups in total. The van der Waals surface area contributed by atoms with Crippen LogP contribution in [0.1, 0.15) is 34.7 Å². The maximum absolute atomic E-state index is 12.5. The van der Waals surface area contributed by atoms with Crippen LogP contribution in [0.25, 0.3) is 0 Å². The third-order valence-corrected chi connectivity index (χ3v) is 3.24. The number of benzene rings is 1. The van der Waals surface area contributed by atoms with Gasteiger partial charge < -0.3 is 5.11 Å². The van der Waals surface area contributed by atoms with Crippen molar-refractivity contribution in [1.82, 2.24) is 0 Å². The zero-order valence-corrected chi connectivity index (χ0v) is 8.57. The van der Waals surface area contributed by atoms with Crippen molar-refractivity contribution in [2.75, 3.05) is 0 Å². The maximum atomic E-state index is 12.5. The van der Waals surface area contributed by atoms with E-state index in [4.69, 9.17) is 5.11 Å². The quantitative estimate of drug-likeness (QED) is 0.859. The summed E-state index contributed by atoms with van der Waals surface area (Å²) in [6, 6.07) is 6.22. The molecule has 1 aliphatic carbocycles. The highest BCUT2D eigenvalue weighted by Gasteiger charge is 2.38. The van der Waals surface area contributed by atoms with Crippen molar-refractivity contribution < 1.29 is 18.7 Å². The number of carboxylic acid groups (broad SMARTS) is 1. The zero-order chi connectivity index (χ0) is 11.7. The van der Waals surface area contributed by atoms with E-state index in [0.29, 0.717) is 6.42 Å². The van der Waals surface area contributed by atoms with Crippen LogP contribution in [0.3, 0.4) is 0 Å². The fourth-order valence-electron chi connectivity index (χ4n) is 2.11. The van der Waals surface area contributed by atoms with E-state index in [0.717, 1.165) is 12.0 Å². The Kier molecular flexibility index (Phi) is 2.90. The molecule has 2 nitrogen and oxygen atoms in total. The van der Waals surface area contributed by atoms with Gasteiger partial charge in [-0.05, 0) is 36.5 Å². The van der Waals surface area contributed by atoms with Gasteiger partial charge >= 0.3 is 5.97 Å². The van der Waals surface area contributed by atoms with Crippen molar-refractivity contribution in [2.45, 2.75) is 25.2 Å². The first-order chi connectivity index (χ1) is 7.59. The second kappa shape index (κ2) is 4.20. The number of hydrogen-bond donors (Lipinski definition) is 1. The van der Waals surface area contributed by atoms with Crippen LogP contribution in [0.15, 0.2) is 24.3 Å². The summed E-state index contributed by atoms with van der Waals surface area (Å²) in [4.78, 5) is 10.6. The largest absolute Gasteiger partial charge is 0.478 e. The maximum Gasteiger partial charge on any atom is 0.335 e. The van der Waals surface area contributed by atoms with Crippen LogP contribution in [0, 0.1) is 5.92 Å². The predicted molar refractivity (Wildman–Crippen MR) is 54.9 cm³/mol. The minimum atomic E-state index is -2.28. The molecule has 1 aromatic carbocycles. The van der Waals surface area contributed by atoms with Gasteiger partial charge in [0.2, 0.25) is 6.43 Å². The third-order valence-electron chi connectivity index (χ3n) is 3.24. The second-order valence-electron chi connectivity index (χ2n) is 4.11. The average molecular weight is 226 g/mol. The average Bonchev–Trinajstić information content (AvgIpc) is 2.15. The monoisotopic (exact) mass is 226 g/mol. The van der Waals surface area contributed by atoms with Gasteiger partial charge in [-0.2, -0.15) is 0 Å². The minimum absolute atomic E-state index is 0.108. The van der Waals surface area contributed by atoms with Crippen LogP contribution in [0.5, 0.6) is 0 Å². The highest BCUT2D eigenvalue weighted by molar-refractivity contribution is 5.87. The summed E-state index contributed by atoms with van der Waals surface area (Å²) in [5.74, 6) is -1.66. The molecule has 0 saturated heterocycles. The van der Waals surface area contributed by atoms with Crippen molar-refractivity contribution in [1.29, 1.82) is 0 Å². The lowest BCUT2D eigenvalue weighted by molar-refractivity contribution is 0.0167. The van der Waals surface area contributed by atoms with Gasteiger partial charge in [0.1, 0.15) is 0 Å². The number of alkyl halides is 2. The first-order valence-electron chi connectivity index (χ1n) is 5.21. The smallest absolute Gasteiger partial charge is 0.335 e. The Morgan fingerprint density at radius 2 is 1.88 bits per heavy atom. The van der Waals surface area contributed by atoms with E-state index in [2.05, 4.69) is 0 Å². The van der Waals surface area contributed by atoms with Crippen LogP contribution in [0.4, 0.5) is 8.78 Å². The highest BCUT2D eigenvalue weighted by Crippen LogP contribution is 2.45. The number of carboxylic acids is 1. The van der Waals surface area contributed by atoms with Crippen molar-refractivity contribution >= 4 is 5.97 Å². The molecular formula is C12H12F2O2. The van der Waals surface area contributed by atoms with Crippen molar-refractivity contribution in [3.8, 4) is 0 Å². The lowest BCUT2D eigenvalue weighted by atomic mass is 9.70. The molecule has 0 aliphatic heterocycles. The molecular weight excluding hydrogens is 214 g/mol. The molecule has 4 heteroatoms. The number of aromatic carboxylic acids is 1. The summed E-state index contributed by atoms with van der Waals surface area (Å²) >= 11 is 0. The molecule has 0 heterocycles. The highest BCUT2D eigenvalue weighted by atomic mass is 19.3. The van der Waals surface area contributed by atoms with Gasteiger partial charge in [0.15, 0.2) is 0 Å². The normalized spacial score (nSPS) is 24.2. The van der Waals surface area contributed by atoms with E-state index < -0.39 is 18.3 Å². The molecule has 0 spiro atoms. The van der Waals surface area contributed by atoms with Crippen LogP contribution >= 0.6 is 0 Å². The first kappa shape index (κ1) is 11.0. The van der Waals surface area contributed by atoms with E-state index in [1.807, 2.05) is 0 Å². The van der Waals surface area contributed by atoms with Crippen molar-refractivity contribution in [3.05, 3.63) is 35.4 Å². The summed E-state index contributed by atoms with van der Waals surface area (Å²) < 4.78 is 25.1. The van der Waals surface area contributed by atoms with E-state index >= 15 is 0 Å². The SMILES string of the molecule is O=C(O)c1ccc(C2CCC2C(F)F)cc1. The second-order valence-corrected chi connectivity index (χ2v) is 4.11. The molecule has 86 valence electrons. The van der Waals surface area contributed by atoms with Crippen LogP contribution in [-0.2, 0) is 0 Å². The lowest BCUT2D eigenvalue weighted by Gasteiger charge is -2.36. The van der Waals surface area contributed by atoms with Gasteiger partial charge in [0, 0.05) is 5.92 Å². The van der Waals surface area contributed by atoms with Crippen LogP contribution in [-0.4, -0.2) is 17.5 Å². The van der Waals surface area contributed by atoms with E-state index in [9.17, 15) is 13.6 Å². The Bertz CT molecular complexity index is 387. The molecule has 2 rings (SSSR count). The predicted octanol–water partition coefficient (Wildman–Crippen LogP) is 3.14. The Hall–Kier alpha value is -1.45. The summed E-state index contributed by atoms with van der Waals surface area (Å²) in [5.41, 5.74) is 1.01. The number of carbonyl (C=O) groups is 1. The third kappa shape index (κ3) is 1.92. The Labute approximate surface area is 91.9 Å². The fraction of sp³-hybridized carbons (Fsp3) is 0.417. The molecule has 2 atom stereocenters. The summed E-state index contributed by atoms with van der Waals surface area (Å²) in [6.45, 7) is 0. The molecule has 2 unspecified atom stereocenters. The van der Waals surface area contributed by atoms with Crippen LogP contribution in [0.2, 0.25) is 0 Å². The molecule has 1 fully saturated rings. The molecule has 0 aromatic heterocycles. The number of halogens is 2. The minimum Gasteiger partial charge on any atom is -0.478 e. The molecule has 1 aliphatic rings. The summed E-state index contributed by atoms with van der Waals surface area (Å²) in [5, 5.41) is 8.71. The molecule has 1 aromatic rings. The van der Waals surface area contributed by atoms with Gasteiger partial charge in [-0.3, -0.25) is 0 Å². The first-order valence-corrected chi connectivity index (χ1v) is 5.21. The van der Waals surface area contributed by atoms with Gasteiger partial charge in [-0.1, -0.05) is 12.1 Å². The number of rotatable bonds is 3. The van der Waals surface area contributed by atoms with Gasteiger partial charge in [-0.15, -0.1) is 0 Å². The lowest BCUT2D eigenvalue weighted by Crippen LogP contribution is -2.29. The van der Waals surface area contributed by atoms with E-state index in [1.165, 1.54) is 12.1 Å². The van der Waals surface area contributed by atoms with E-state index in [1.54, 1.807) is 12.1 Å². The summed E-state index contributed by atoms with van der Waals surface area (Å²) in [7, 11) is 0. The van der Waals surface area contributed by atoms with Gasteiger partial charge in [0.05, 0.1) is 5.56 Å². The molecule has 16 heavy (non-hydrogen) atoms. The van der Waals surface area contributed by atoms with E-state index in [-0.39, 0.29) is 11.5 Å². The fourth-order valence-corrected chi connectivity index (χ4v) is 2.11. The Morgan fingerprint density at radius 3 is 2.25 bits per heavy atom. The number of hydrogen-bond acceptors (Lipinski definition) is 1. The van der Waals surface area contributed by atoms with Gasteiger partial charge in [0.25, 0.3) is 0 Å². The van der Waals surface area contributed by atoms with Gasteiger partial charge in [-0.25, -0.2) is 13.6 Å². The molecule has 1 saturated carbocycles. The van der Waals surface area contributed by atoms with Crippen molar-refractivity contribution in [3.63, 3.8) is 0 Å². The topological polar surface area (TPSA) is 37.3 Å². The standard InChI is InChI=1S/C12H12F2O2/c13-11(14)10-6-5-9(10)7-1-3-8(4-2-7)12(15)16/h1-4,9-11H,5-6H2,(H,15,16). The summed E-state index contributed by atoms with van der Waals surface area (Å²) in [6.07, 6.45) is -0.956. The van der Waals surface area contributed by atoms with Crippen molar-refractivity contribution in [2.24, 2.45) is 5.92 Å². The van der Waals surface area contributed by atoms with Crippen LogP contribution < -0.4 is 0 Å². The zero-order valence-electron chi connectivity index (χ0n) is 8.57. The Morgan fingerprint density at radius 1 is 1.25 bits per heavy atom.